The zero-order valence-corrected chi connectivity index (χ0v) is 17.4. The topological polar surface area (TPSA) is 72.5 Å². The SMILES string of the molecule is Cc1ccc(S(=O)(=O)Nc2ccc(-c3ccc(C(=O)OC(C)C)cc3)cc2)cc1. The van der Waals surface area contributed by atoms with Crippen molar-refractivity contribution in [3.05, 3.63) is 83.9 Å². The van der Waals surface area contributed by atoms with Crippen molar-refractivity contribution in [2.75, 3.05) is 4.72 Å². The minimum absolute atomic E-state index is 0.168. The molecule has 0 fully saturated rings. The average Bonchev–Trinajstić information content (AvgIpc) is 2.68. The smallest absolute Gasteiger partial charge is 0.338 e. The number of aryl methyl sites for hydroxylation is 1. The van der Waals surface area contributed by atoms with Crippen molar-refractivity contribution in [2.45, 2.75) is 31.8 Å². The summed E-state index contributed by atoms with van der Waals surface area (Å²) in [6.07, 6.45) is -0.168. The van der Waals surface area contributed by atoms with Crippen LogP contribution in [0.15, 0.2) is 77.7 Å². The largest absolute Gasteiger partial charge is 0.459 e. The number of hydrogen-bond donors (Lipinski definition) is 1. The van der Waals surface area contributed by atoms with Gasteiger partial charge in [0.15, 0.2) is 0 Å². The van der Waals surface area contributed by atoms with Gasteiger partial charge in [0.2, 0.25) is 0 Å². The van der Waals surface area contributed by atoms with Crippen molar-refractivity contribution in [1.82, 2.24) is 0 Å². The predicted octanol–water partition coefficient (Wildman–Crippen LogP) is 5.03. The van der Waals surface area contributed by atoms with Crippen LogP contribution in [0.25, 0.3) is 11.1 Å². The molecule has 0 unspecified atom stereocenters. The highest BCUT2D eigenvalue weighted by atomic mass is 32.2. The summed E-state index contributed by atoms with van der Waals surface area (Å²) in [5.41, 5.74) is 3.79. The van der Waals surface area contributed by atoms with Crippen LogP contribution in [0.3, 0.4) is 0 Å². The zero-order valence-electron chi connectivity index (χ0n) is 16.5. The Bertz CT molecular complexity index is 1090. The van der Waals surface area contributed by atoms with Gasteiger partial charge in [0.05, 0.1) is 16.6 Å². The van der Waals surface area contributed by atoms with E-state index in [4.69, 9.17) is 4.74 Å². The van der Waals surface area contributed by atoms with E-state index in [1.54, 1.807) is 62.4 Å². The molecular weight excluding hydrogens is 386 g/mol. The van der Waals surface area contributed by atoms with Gasteiger partial charge >= 0.3 is 5.97 Å². The summed E-state index contributed by atoms with van der Waals surface area (Å²) in [6.45, 7) is 5.52. The van der Waals surface area contributed by atoms with E-state index in [1.165, 1.54) is 0 Å². The number of carbonyl (C=O) groups is 1. The number of carbonyl (C=O) groups excluding carboxylic acids is 1. The molecule has 5 nitrogen and oxygen atoms in total. The molecule has 0 aliphatic rings. The molecule has 0 amide bonds. The molecule has 6 heteroatoms. The lowest BCUT2D eigenvalue weighted by molar-refractivity contribution is 0.0378. The normalized spacial score (nSPS) is 11.3. The molecule has 0 saturated heterocycles. The van der Waals surface area contributed by atoms with Gasteiger partial charge in [0, 0.05) is 5.69 Å². The predicted molar refractivity (Wildman–Crippen MR) is 114 cm³/mol. The zero-order chi connectivity index (χ0) is 21.0. The van der Waals surface area contributed by atoms with E-state index in [9.17, 15) is 13.2 Å². The molecule has 0 saturated carbocycles. The van der Waals surface area contributed by atoms with Crippen LogP contribution in [-0.4, -0.2) is 20.5 Å². The van der Waals surface area contributed by atoms with Gasteiger partial charge in [-0.3, -0.25) is 4.72 Å². The molecule has 0 aliphatic heterocycles. The van der Waals surface area contributed by atoms with E-state index in [0.717, 1.165) is 16.7 Å². The Hall–Kier alpha value is -3.12. The van der Waals surface area contributed by atoms with Gasteiger partial charge < -0.3 is 4.74 Å². The number of anilines is 1. The quantitative estimate of drug-likeness (QED) is 0.580. The summed E-state index contributed by atoms with van der Waals surface area (Å²) >= 11 is 0. The monoisotopic (exact) mass is 409 g/mol. The third-order valence-corrected chi connectivity index (χ3v) is 5.66. The van der Waals surface area contributed by atoms with Crippen molar-refractivity contribution in [3.8, 4) is 11.1 Å². The van der Waals surface area contributed by atoms with Gasteiger partial charge in [0.25, 0.3) is 10.0 Å². The number of rotatable bonds is 6. The number of esters is 1. The first-order chi connectivity index (χ1) is 13.7. The Morgan fingerprint density at radius 2 is 1.34 bits per heavy atom. The molecule has 0 bridgehead atoms. The summed E-state index contributed by atoms with van der Waals surface area (Å²) < 4.78 is 32.7. The van der Waals surface area contributed by atoms with Gasteiger partial charge in [-0.05, 0) is 68.3 Å². The van der Waals surface area contributed by atoms with E-state index in [-0.39, 0.29) is 17.0 Å². The lowest BCUT2D eigenvalue weighted by Gasteiger charge is -2.10. The van der Waals surface area contributed by atoms with E-state index < -0.39 is 10.0 Å². The van der Waals surface area contributed by atoms with Crippen molar-refractivity contribution in [2.24, 2.45) is 0 Å². The molecule has 3 aromatic carbocycles. The van der Waals surface area contributed by atoms with Crippen LogP contribution in [0.5, 0.6) is 0 Å². The van der Waals surface area contributed by atoms with Crippen LogP contribution in [0.4, 0.5) is 5.69 Å². The van der Waals surface area contributed by atoms with E-state index in [1.807, 2.05) is 31.2 Å². The summed E-state index contributed by atoms with van der Waals surface area (Å²) in [4.78, 5) is 12.1. The maximum atomic E-state index is 12.5. The molecule has 1 N–H and O–H groups in total. The van der Waals surface area contributed by atoms with Gasteiger partial charge in [0.1, 0.15) is 0 Å². The standard InChI is InChI=1S/C23H23NO4S/c1-16(2)28-23(25)20-8-6-18(7-9-20)19-10-12-21(13-11-19)24-29(26,27)22-14-4-17(3)5-15-22/h4-16,24H,1-3H3. The van der Waals surface area contributed by atoms with E-state index >= 15 is 0 Å². The highest BCUT2D eigenvalue weighted by Crippen LogP contribution is 2.24. The van der Waals surface area contributed by atoms with E-state index in [2.05, 4.69) is 4.72 Å². The second-order valence-corrected chi connectivity index (χ2v) is 8.71. The molecular formula is C23H23NO4S. The first-order valence-electron chi connectivity index (χ1n) is 9.25. The number of sulfonamides is 1. The number of nitrogens with one attached hydrogen (secondary N) is 1. The molecule has 0 aromatic heterocycles. The van der Waals surface area contributed by atoms with Gasteiger partial charge in [-0.15, -0.1) is 0 Å². The third-order valence-electron chi connectivity index (χ3n) is 4.27. The van der Waals surface area contributed by atoms with Crippen molar-refractivity contribution >= 4 is 21.7 Å². The fraction of sp³-hybridized carbons (Fsp3) is 0.174. The van der Waals surface area contributed by atoms with Crippen LogP contribution < -0.4 is 4.72 Å². The van der Waals surface area contributed by atoms with Crippen LogP contribution in [0.2, 0.25) is 0 Å². The average molecular weight is 410 g/mol. The Labute approximate surface area is 171 Å². The summed E-state index contributed by atoms with van der Waals surface area (Å²) in [5, 5.41) is 0. The summed E-state index contributed by atoms with van der Waals surface area (Å²) in [6, 6.07) is 20.9. The first-order valence-corrected chi connectivity index (χ1v) is 10.7. The molecule has 3 rings (SSSR count). The van der Waals surface area contributed by atoms with Crippen molar-refractivity contribution < 1.29 is 17.9 Å². The van der Waals surface area contributed by atoms with Crippen LogP contribution in [0.1, 0.15) is 29.8 Å². The maximum absolute atomic E-state index is 12.5. The maximum Gasteiger partial charge on any atom is 0.338 e. The summed E-state index contributed by atoms with van der Waals surface area (Å²) in [5.74, 6) is -0.354. The lowest BCUT2D eigenvalue weighted by Crippen LogP contribution is -2.12. The van der Waals surface area contributed by atoms with Gasteiger partial charge in [-0.1, -0.05) is 42.0 Å². The minimum Gasteiger partial charge on any atom is -0.459 e. The highest BCUT2D eigenvalue weighted by molar-refractivity contribution is 7.92. The van der Waals surface area contributed by atoms with Crippen LogP contribution in [0, 0.1) is 6.92 Å². The fourth-order valence-corrected chi connectivity index (χ4v) is 3.80. The fourth-order valence-electron chi connectivity index (χ4n) is 2.74. The third kappa shape index (κ3) is 5.23. The highest BCUT2D eigenvalue weighted by Gasteiger charge is 2.14. The molecule has 150 valence electrons. The second-order valence-electron chi connectivity index (χ2n) is 7.03. The van der Waals surface area contributed by atoms with Crippen LogP contribution in [-0.2, 0) is 14.8 Å². The number of ether oxygens (including phenoxy) is 1. The number of hydrogen-bond acceptors (Lipinski definition) is 4. The molecule has 0 spiro atoms. The van der Waals surface area contributed by atoms with Crippen LogP contribution >= 0.6 is 0 Å². The molecule has 0 heterocycles. The summed E-state index contributed by atoms with van der Waals surface area (Å²) in [7, 11) is -3.63. The molecule has 29 heavy (non-hydrogen) atoms. The van der Waals surface area contributed by atoms with Gasteiger partial charge in [-0.25, -0.2) is 13.2 Å². The lowest BCUT2D eigenvalue weighted by atomic mass is 10.0. The Morgan fingerprint density at radius 1 is 0.828 bits per heavy atom. The minimum atomic E-state index is -3.63. The molecule has 0 atom stereocenters. The Kier molecular flexibility index (Phi) is 6.03. The number of benzene rings is 3. The van der Waals surface area contributed by atoms with Gasteiger partial charge in [-0.2, -0.15) is 0 Å². The molecule has 0 aliphatic carbocycles. The Balaban J connectivity index is 1.73. The Morgan fingerprint density at radius 3 is 1.86 bits per heavy atom. The molecule has 0 radical (unpaired) electrons. The van der Waals surface area contributed by atoms with Crippen molar-refractivity contribution in [3.63, 3.8) is 0 Å². The van der Waals surface area contributed by atoms with E-state index in [0.29, 0.717) is 11.3 Å². The van der Waals surface area contributed by atoms with Crippen molar-refractivity contribution in [1.29, 1.82) is 0 Å². The second kappa shape index (κ2) is 8.49. The molecule has 3 aromatic rings. The first kappa shape index (κ1) is 20.6.